The van der Waals surface area contributed by atoms with Crippen LogP contribution in [0.3, 0.4) is 0 Å². The van der Waals surface area contributed by atoms with Gasteiger partial charge in [-0.25, -0.2) is 4.39 Å². The predicted octanol–water partition coefficient (Wildman–Crippen LogP) is 5.37. The standard InChI is InChI=1S/C26H24F4N2O3/c1-32-22(17-11-18(26(28,29)30)13-19(27)12-17)14-21(23(33)25(32)35)24(34)31-20-9-7-16(8-10-20)15-5-3-2-4-6-15/h2-6,11-14,16,20,33H,7-10H2,1H3,(H,31,34)/t16-,20+. The van der Waals surface area contributed by atoms with Gasteiger partial charge in [0.15, 0.2) is 5.75 Å². The quantitative estimate of drug-likeness (QED) is 0.485. The van der Waals surface area contributed by atoms with Crippen molar-refractivity contribution >= 4 is 5.91 Å². The van der Waals surface area contributed by atoms with Gasteiger partial charge in [0.25, 0.3) is 11.5 Å². The maximum atomic E-state index is 14.0. The second-order valence-corrected chi connectivity index (χ2v) is 8.82. The summed E-state index contributed by atoms with van der Waals surface area (Å²) in [5.74, 6) is -2.29. The fourth-order valence-corrected chi connectivity index (χ4v) is 4.60. The number of aromatic nitrogens is 1. The van der Waals surface area contributed by atoms with Crippen LogP contribution in [0.1, 0.15) is 53.1 Å². The van der Waals surface area contributed by atoms with Gasteiger partial charge in [-0.1, -0.05) is 30.3 Å². The van der Waals surface area contributed by atoms with Gasteiger partial charge >= 0.3 is 6.18 Å². The molecule has 0 aliphatic heterocycles. The van der Waals surface area contributed by atoms with Crippen LogP contribution in [0.15, 0.2) is 59.4 Å². The first kappa shape index (κ1) is 24.5. The van der Waals surface area contributed by atoms with E-state index in [1.54, 1.807) is 0 Å². The normalized spacial score (nSPS) is 18.3. The first-order chi connectivity index (χ1) is 16.5. The Labute approximate surface area is 199 Å². The topological polar surface area (TPSA) is 71.3 Å². The number of nitrogens with zero attached hydrogens (tertiary/aromatic N) is 1. The molecule has 0 bridgehead atoms. The van der Waals surface area contributed by atoms with Crippen LogP contribution in [0.2, 0.25) is 0 Å². The summed E-state index contributed by atoms with van der Waals surface area (Å²) in [5, 5.41) is 13.1. The molecule has 35 heavy (non-hydrogen) atoms. The second kappa shape index (κ2) is 9.56. The molecule has 2 N–H and O–H groups in total. The summed E-state index contributed by atoms with van der Waals surface area (Å²) in [6.07, 6.45) is -1.70. The van der Waals surface area contributed by atoms with Crippen LogP contribution in [0.25, 0.3) is 11.3 Å². The predicted molar refractivity (Wildman–Crippen MR) is 123 cm³/mol. The number of amides is 1. The van der Waals surface area contributed by atoms with E-state index in [1.807, 2.05) is 18.2 Å². The van der Waals surface area contributed by atoms with Gasteiger partial charge in [-0.3, -0.25) is 9.59 Å². The highest BCUT2D eigenvalue weighted by atomic mass is 19.4. The summed E-state index contributed by atoms with van der Waals surface area (Å²) in [6.45, 7) is 0. The van der Waals surface area contributed by atoms with E-state index >= 15 is 0 Å². The lowest BCUT2D eigenvalue weighted by Gasteiger charge is -2.29. The number of alkyl halides is 3. The van der Waals surface area contributed by atoms with Crippen LogP contribution in [0.5, 0.6) is 5.75 Å². The molecule has 0 radical (unpaired) electrons. The van der Waals surface area contributed by atoms with Crippen molar-refractivity contribution in [2.45, 2.75) is 43.8 Å². The van der Waals surface area contributed by atoms with Gasteiger partial charge < -0.3 is 15.0 Å². The molecule has 0 unspecified atom stereocenters. The molecule has 0 saturated heterocycles. The molecule has 1 saturated carbocycles. The lowest BCUT2D eigenvalue weighted by molar-refractivity contribution is -0.137. The van der Waals surface area contributed by atoms with Crippen molar-refractivity contribution in [3.8, 4) is 17.0 Å². The summed E-state index contributed by atoms with van der Waals surface area (Å²) in [6, 6.07) is 12.9. The number of hydrogen-bond acceptors (Lipinski definition) is 3. The fourth-order valence-electron chi connectivity index (χ4n) is 4.60. The van der Waals surface area contributed by atoms with Crippen molar-refractivity contribution in [2.75, 3.05) is 0 Å². The summed E-state index contributed by atoms with van der Waals surface area (Å²) in [5.41, 5.74) is -1.71. The highest BCUT2D eigenvalue weighted by molar-refractivity contribution is 5.97. The summed E-state index contributed by atoms with van der Waals surface area (Å²) in [4.78, 5) is 25.5. The molecule has 4 rings (SSSR count). The number of pyridine rings is 1. The van der Waals surface area contributed by atoms with Gasteiger partial charge in [0, 0.05) is 18.7 Å². The van der Waals surface area contributed by atoms with Crippen molar-refractivity contribution in [1.29, 1.82) is 0 Å². The minimum absolute atomic E-state index is 0.129. The van der Waals surface area contributed by atoms with Crippen molar-refractivity contribution in [2.24, 2.45) is 7.05 Å². The molecule has 184 valence electrons. The third-order valence-corrected chi connectivity index (χ3v) is 6.50. The Morgan fingerprint density at radius 2 is 1.69 bits per heavy atom. The van der Waals surface area contributed by atoms with Gasteiger partial charge in [0.1, 0.15) is 5.82 Å². The smallest absolute Gasteiger partial charge is 0.416 e. The third-order valence-electron chi connectivity index (χ3n) is 6.50. The maximum absolute atomic E-state index is 14.0. The summed E-state index contributed by atoms with van der Waals surface area (Å²) < 4.78 is 54.4. The van der Waals surface area contributed by atoms with Gasteiger partial charge in [0.2, 0.25) is 0 Å². The maximum Gasteiger partial charge on any atom is 0.416 e. The first-order valence-corrected chi connectivity index (χ1v) is 11.2. The molecule has 1 fully saturated rings. The number of aromatic hydroxyl groups is 1. The van der Waals surface area contributed by atoms with E-state index in [4.69, 9.17) is 0 Å². The lowest BCUT2D eigenvalue weighted by Crippen LogP contribution is -2.38. The van der Waals surface area contributed by atoms with E-state index < -0.39 is 34.8 Å². The monoisotopic (exact) mass is 488 g/mol. The Hall–Kier alpha value is -3.62. The Bertz CT molecular complexity index is 1290. The number of carbonyl (C=O) groups excluding carboxylic acids is 1. The summed E-state index contributed by atoms with van der Waals surface area (Å²) in [7, 11) is 1.22. The van der Waals surface area contributed by atoms with E-state index in [1.165, 1.54) is 12.6 Å². The molecule has 3 aromatic rings. The second-order valence-electron chi connectivity index (χ2n) is 8.82. The van der Waals surface area contributed by atoms with Crippen LogP contribution in [-0.2, 0) is 13.2 Å². The highest BCUT2D eigenvalue weighted by Gasteiger charge is 2.32. The first-order valence-electron chi connectivity index (χ1n) is 11.2. The number of benzene rings is 2. The largest absolute Gasteiger partial charge is 0.502 e. The van der Waals surface area contributed by atoms with Crippen molar-refractivity contribution in [3.05, 3.63) is 87.5 Å². The highest BCUT2D eigenvalue weighted by Crippen LogP contribution is 2.35. The number of carbonyl (C=O) groups is 1. The minimum Gasteiger partial charge on any atom is -0.502 e. The molecule has 0 spiro atoms. The summed E-state index contributed by atoms with van der Waals surface area (Å²) >= 11 is 0. The molecular weight excluding hydrogens is 464 g/mol. The van der Waals surface area contributed by atoms with Gasteiger partial charge in [0.05, 0.1) is 16.8 Å². The fraction of sp³-hybridized carbons (Fsp3) is 0.308. The Balaban J connectivity index is 1.58. The van der Waals surface area contributed by atoms with Crippen molar-refractivity contribution in [3.63, 3.8) is 0 Å². The lowest BCUT2D eigenvalue weighted by atomic mass is 9.81. The van der Waals surface area contributed by atoms with E-state index in [0.717, 1.165) is 29.5 Å². The molecule has 0 atom stereocenters. The zero-order valence-corrected chi connectivity index (χ0v) is 18.9. The van der Waals surface area contributed by atoms with Gasteiger partial charge in [-0.15, -0.1) is 0 Å². The van der Waals surface area contributed by atoms with Crippen LogP contribution in [0, 0.1) is 5.82 Å². The average Bonchev–Trinajstić information content (AvgIpc) is 2.83. The number of halogens is 4. The van der Waals surface area contributed by atoms with Crippen molar-refractivity contribution in [1.82, 2.24) is 9.88 Å². The zero-order chi connectivity index (χ0) is 25.3. The molecule has 1 heterocycles. The van der Waals surface area contributed by atoms with Crippen LogP contribution in [0.4, 0.5) is 17.6 Å². The molecule has 2 aromatic carbocycles. The number of rotatable bonds is 4. The number of hydrogen-bond donors (Lipinski definition) is 2. The van der Waals surface area contributed by atoms with E-state index in [0.29, 0.717) is 30.9 Å². The van der Waals surface area contributed by atoms with Crippen LogP contribution in [-0.4, -0.2) is 21.6 Å². The molecular formula is C26H24F4N2O3. The third kappa shape index (κ3) is 5.23. The zero-order valence-electron chi connectivity index (χ0n) is 18.9. The van der Waals surface area contributed by atoms with E-state index in [9.17, 15) is 32.3 Å². The Kier molecular flexibility index (Phi) is 6.69. The average molecular weight is 488 g/mol. The van der Waals surface area contributed by atoms with Crippen LogP contribution >= 0.6 is 0 Å². The molecule has 1 amide bonds. The van der Waals surface area contributed by atoms with E-state index in [-0.39, 0.29) is 22.9 Å². The van der Waals surface area contributed by atoms with Crippen molar-refractivity contribution < 1.29 is 27.5 Å². The molecule has 1 aliphatic carbocycles. The Morgan fingerprint density at radius 3 is 2.31 bits per heavy atom. The SMILES string of the molecule is Cn1c(-c2cc(F)cc(C(F)(F)F)c2)cc(C(=O)N[C@H]2CC[C@@H](c3ccccc3)CC2)c(O)c1=O. The van der Waals surface area contributed by atoms with Gasteiger partial charge in [-0.2, -0.15) is 13.2 Å². The molecule has 9 heteroatoms. The molecule has 5 nitrogen and oxygen atoms in total. The van der Waals surface area contributed by atoms with E-state index in [2.05, 4.69) is 17.4 Å². The van der Waals surface area contributed by atoms with Crippen LogP contribution < -0.4 is 10.9 Å². The molecule has 1 aliphatic rings. The van der Waals surface area contributed by atoms with Gasteiger partial charge in [-0.05, 0) is 61.4 Å². The Morgan fingerprint density at radius 1 is 1.03 bits per heavy atom. The minimum atomic E-state index is -4.80. The molecule has 1 aromatic heterocycles. The number of nitrogens with one attached hydrogen (secondary N) is 1.